The Morgan fingerprint density at radius 3 is 0.831 bits per heavy atom. The molecule has 59 heavy (non-hydrogen) atoms. The molecule has 1 atom stereocenters. The molecule has 0 aliphatic heterocycles. The first kappa shape index (κ1) is 57.4. The lowest BCUT2D eigenvalue weighted by Crippen LogP contribution is -2.30. The van der Waals surface area contributed by atoms with Crippen molar-refractivity contribution in [1.82, 2.24) is 0 Å². The topological polar surface area (TPSA) is 78.9 Å². The van der Waals surface area contributed by atoms with Crippen LogP contribution in [0.5, 0.6) is 0 Å². The maximum absolute atomic E-state index is 12.8. The third-order valence-corrected chi connectivity index (χ3v) is 12.0. The highest BCUT2D eigenvalue weighted by Gasteiger charge is 2.19. The summed E-state index contributed by atoms with van der Waals surface area (Å²) in [5, 5.41) is 0. The Hall–Kier alpha value is -1.59. The third kappa shape index (κ3) is 47.3. The van der Waals surface area contributed by atoms with E-state index in [1.165, 1.54) is 193 Å². The highest BCUT2D eigenvalue weighted by Crippen LogP contribution is 2.17. The van der Waals surface area contributed by atoms with Crippen LogP contribution in [0, 0.1) is 5.92 Å². The van der Waals surface area contributed by atoms with E-state index in [-0.39, 0.29) is 31.1 Å². The maximum atomic E-state index is 12.8. The Morgan fingerprint density at radius 2 is 0.559 bits per heavy atom. The van der Waals surface area contributed by atoms with Crippen molar-refractivity contribution in [3.8, 4) is 0 Å². The first-order valence-electron chi connectivity index (χ1n) is 26.4. The number of esters is 3. The minimum Gasteiger partial charge on any atom is -0.462 e. The van der Waals surface area contributed by atoms with Crippen LogP contribution in [0.25, 0.3) is 0 Å². The molecule has 0 saturated heterocycles. The van der Waals surface area contributed by atoms with Gasteiger partial charge in [-0.25, -0.2) is 0 Å². The van der Waals surface area contributed by atoms with Crippen LogP contribution in [-0.2, 0) is 28.6 Å². The first-order valence-corrected chi connectivity index (χ1v) is 26.4. The lowest BCUT2D eigenvalue weighted by Gasteiger charge is -2.18. The largest absolute Gasteiger partial charge is 0.462 e. The fraction of sp³-hybridized carbons (Fsp3) is 0.943. The fourth-order valence-electron chi connectivity index (χ4n) is 8.04. The monoisotopic (exact) mass is 835 g/mol. The predicted molar refractivity (Wildman–Crippen MR) is 252 cm³/mol. The molecule has 0 rings (SSSR count). The number of ether oxygens (including phenoxy) is 3. The second-order valence-corrected chi connectivity index (χ2v) is 18.6. The van der Waals surface area contributed by atoms with Crippen LogP contribution >= 0.6 is 0 Å². The Balaban J connectivity index is 4.23. The lowest BCUT2D eigenvalue weighted by atomic mass is 10.0. The minimum absolute atomic E-state index is 0.0636. The zero-order valence-corrected chi connectivity index (χ0v) is 40.2. The summed E-state index contributed by atoms with van der Waals surface area (Å²) < 4.78 is 16.8. The molecular formula is C53H102O6. The summed E-state index contributed by atoms with van der Waals surface area (Å²) in [5.41, 5.74) is 0. The Labute approximate surface area is 368 Å². The van der Waals surface area contributed by atoms with Crippen molar-refractivity contribution in [1.29, 1.82) is 0 Å². The summed E-state index contributed by atoms with van der Waals surface area (Å²) in [5.74, 6) is -0.0856. The van der Waals surface area contributed by atoms with E-state index in [9.17, 15) is 14.4 Å². The van der Waals surface area contributed by atoms with Crippen molar-refractivity contribution in [2.24, 2.45) is 5.92 Å². The molecule has 0 heterocycles. The van der Waals surface area contributed by atoms with Crippen molar-refractivity contribution in [2.75, 3.05) is 13.2 Å². The number of carbonyl (C=O) groups excluding carboxylic acids is 3. The molecule has 0 amide bonds. The molecule has 0 spiro atoms. The predicted octanol–water partition coefficient (Wildman–Crippen LogP) is 17.1. The van der Waals surface area contributed by atoms with E-state index in [1.54, 1.807) is 0 Å². The van der Waals surface area contributed by atoms with Crippen molar-refractivity contribution in [2.45, 2.75) is 303 Å². The van der Waals surface area contributed by atoms with Gasteiger partial charge in [0.1, 0.15) is 13.2 Å². The van der Waals surface area contributed by atoms with Gasteiger partial charge in [-0.05, 0) is 25.2 Å². The molecule has 6 heteroatoms. The molecule has 6 nitrogen and oxygen atoms in total. The van der Waals surface area contributed by atoms with Crippen LogP contribution in [-0.4, -0.2) is 37.2 Å². The van der Waals surface area contributed by atoms with E-state index in [0.717, 1.165) is 63.7 Å². The lowest BCUT2D eigenvalue weighted by molar-refractivity contribution is -0.167. The van der Waals surface area contributed by atoms with Gasteiger partial charge in [-0.2, -0.15) is 0 Å². The van der Waals surface area contributed by atoms with E-state index in [2.05, 4.69) is 27.7 Å². The Bertz CT molecular complexity index is 887. The summed E-state index contributed by atoms with van der Waals surface area (Å²) in [6.07, 6.45) is 49.6. The third-order valence-electron chi connectivity index (χ3n) is 12.0. The van der Waals surface area contributed by atoms with Gasteiger partial charge in [0.05, 0.1) is 0 Å². The summed E-state index contributed by atoms with van der Waals surface area (Å²) in [7, 11) is 0. The van der Waals surface area contributed by atoms with Gasteiger partial charge >= 0.3 is 17.9 Å². The molecule has 0 saturated carbocycles. The van der Waals surface area contributed by atoms with Gasteiger partial charge < -0.3 is 14.2 Å². The number of hydrogen-bond donors (Lipinski definition) is 0. The highest BCUT2D eigenvalue weighted by molar-refractivity contribution is 5.71. The molecular weight excluding hydrogens is 733 g/mol. The number of unbranched alkanes of at least 4 members (excludes halogenated alkanes) is 35. The van der Waals surface area contributed by atoms with Gasteiger partial charge in [0.15, 0.2) is 6.10 Å². The number of carbonyl (C=O) groups is 3. The molecule has 0 aliphatic carbocycles. The molecule has 0 aliphatic rings. The van der Waals surface area contributed by atoms with Gasteiger partial charge in [-0.15, -0.1) is 0 Å². The summed E-state index contributed by atoms with van der Waals surface area (Å²) in [4.78, 5) is 37.9. The van der Waals surface area contributed by atoms with Crippen LogP contribution in [0.15, 0.2) is 0 Å². The van der Waals surface area contributed by atoms with E-state index in [4.69, 9.17) is 14.2 Å². The van der Waals surface area contributed by atoms with Crippen molar-refractivity contribution >= 4 is 17.9 Å². The van der Waals surface area contributed by atoms with Gasteiger partial charge in [0, 0.05) is 19.3 Å². The number of rotatable bonds is 48. The molecule has 0 radical (unpaired) electrons. The van der Waals surface area contributed by atoms with Gasteiger partial charge in [0.2, 0.25) is 0 Å². The summed E-state index contributed by atoms with van der Waals surface area (Å²) in [6.45, 7) is 8.96. The zero-order chi connectivity index (χ0) is 43.1. The molecule has 350 valence electrons. The van der Waals surface area contributed by atoms with Gasteiger partial charge in [0.25, 0.3) is 0 Å². The molecule has 0 bridgehead atoms. The van der Waals surface area contributed by atoms with Crippen LogP contribution in [0.2, 0.25) is 0 Å². The highest BCUT2D eigenvalue weighted by atomic mass is 16.6. The average Bonchev–Trinajstić information content (AvgIpc) is 3.22. The second kappa shape index (κ2) is 47.5. The molecule has 0 unspecified atom stereocenters. The smallest absolute Gasteiger partial charge is 0.306 e. The molecule has 0 aromatic carbocycles. The second-order valence-electron chi connectivity index (χ2n) is 18.6. The van der Waals surface area contributed by atoms with Crippen LogP contribution in [0.1, 0.15) is 297 Å². The number of hydrogen-bond acceptors (Lipinski definition) is 6. The SMILES string of the molecule is CCCCCCCCCCCCCCCCCCCCCC(=O)O[C@H](COC(=O)CCCCCCCCCCCCCCC)COC(=O)CCCCCCCCC(C)C. The van der Waals surface area contributed by atoms with E-state index in [1.807, 2.05) is 0 Å². The summed E-state index contributed by atoms with van der Waals surface area (Å²) in [6, 6.07) is 0. The molecule has 0 aromatic heterocycles. The minimum atomic E-state index is -0.761. The standard InChI is InChI=1S/C53H102O6/c1-5-7-9-11-13-15-17-19-20-21-22-23-24-26-28-30-32-38-42-46-53(56)59-50(48-58-52(55)45-41-37-34-33-35-39-43-49(3)4)47-57-51(54)44-40-36-31-29-27-25-18-16-14-12-10-8-6-2/h49-50H,5-48H2,1-4H3/t50-/m1/s1. The van der Waals surface area contributed by atoms with E-state index in [0.29, 0.717) is 19.3 Å². The van der Waals surface area contributed by atoms with Crippen molar-refractivity contribution in [3.63, 3.8) is 0 Å². The molecule has 0 aromatic rings. The van der Waals surface area contributed by atoms with Crippen molar-refractivity contribution < 1.29 is 28.6 Å². The summed E-state index contributed by atoms with van der Waals surface area (Å²) >= 11 is 0. The normalized spacial score (nSPS) is 11.9. The molecule has 0 N–H and O–H groups in total. The van der Waals surface area contributed by atoms with Gasteiger partial charge in [-0.1, -0.05) is 259 Å². The van der Waals surface area contributed by atoms with Gasteiger partial charge in [-0.3, -0.25) is 14.4 Å². The zero-order valence-electron chi connectivity index (χ0n) is 40.2. The van der Waals surface area contributed by atoms with E-state index >= 15 is 0 Å². The van der Waals surface area contributed by atoms with Crippen LogP contribution < -0.4 is 0 Å². The fourth-order valence-corrected chi connectivity index (χ4v) is 8.04. The van der Waals surface area contributed by atoms with E-state index < -0.39 is 6.10 Å². The molecule has 0 fully saturated rings. The quantitative estimate of drug-likeness (QED) is 0.0345. The van der Waals surface area contributed by atoms with Crippen molar-refractivity contribution in [3.05, 3.63) is 0 Å². The average molecular weight is 835 g/mol. The first-order chi connectivity index (χ1) is 28.9. The Kier molecular flexibility index (Phi) is 46.2. The van der Waals surface area contributed by atoms with Crippen LogP contribution in [0.4, 0.5) is 0 Å². The van der Waals surface area contributed by atoms with Crippen LogP contribution in [0.3, 0.4) is 0 Å². The maximum Gasteiger partial charge on any atom is 0.306 e. The Morgan fingerprint density at radius 1 is 0.322 bits per heavy atom.